The number of rotatable bonds is 6. The third kappa shape index (κ3) is 3.94. The summed E-state index contributed by atoms with van der Waals surface area (Å²) in [7, 11) is 0. The molecule has 2 aromatic heterocycles. The number of carbonyl (C=O) groups excluding carboxylic acids is 1. The predicted octanol–water partition coefficient (Wildman–Crippen LogP) is 3.00. The summed E-state index contributed by atoms with van der Waals surface area (Å²) in [4.78, 5) is 16.4. The highest BCUT2D eigenvalue weighted by atomic mass is 35.5. The fraction of sp³-hybridized carbons (Fsp3) is 0.333. The van der Waals surface area contributed by atoms with Crippen LogP contribution in [0.5, 0.6) is 0 Å². The van der Waals surface area contributed by atoms with E-state index in [9.17, 15) is 4.79 Å². The number of aryl methyl sites for hydroxylation is 1. The van der Waals surface area contributed by atoms with Crippen molar-refractivity contribution < 1.29 is 4.79 Å². The van der Waals surface area contributed by atoms with Crippen LogP contribution >= 0.6 is 11.6 Å². The number of hydrazone groups is 1. The molecule has 0 saturated carbocycles. The average Bonchev–Trinajstić information content (AvgIpc) is 3.10. The molecule has 2 heterocycles. The van der Waals surface area contributed by atoms with E-state index in [1.165, 1.54) is 6.21 Å². The predicted molar refractivity (Wildman–Crippen MR) is 102 cm³/mol. The first kappa shape index (κ1) is 18.1. The number of carbonyl (C=O) groups is 1. The van der Waals surface area contributed by atoms with Crippen LogP contribution in [-0.4, -0.2) is 31.5 Å². The van der Waals surface area contributed by atoms with E-state index < -0.39 is 0 Å². The Labute approximate surface area is 156 Å². The van der Waals surface area contributed by atoms with E-state index in [1.54, 1.807) is 15.6 Å². The summed E-state index contributed by atoms with van der Waals surface area (Å²) in [6.07, 6.45) is 3.18. The molecule has 136 valence electrons. The van der Waals surface area contributed by atoms with Crippen LogP contribution in [0.1, 0.15) is 25.1 Å². The molecule has 0 radical (unpaired) electrons. The van der Waals surface area contributed by atoms with Crippen molar-refractivity contribution in [2.75, 3.05) is 0 Å². The second-order valence-corrected chi connectivity index (χ2v) is 6.88. The van der Waals surface area contributed by atoms with Gasteiger partial charge in [-0.15, -0.1) is 0 Å². The van der Waals surface area contributed by atoms with Gasteiger partial charge >= 0.3 is 0 Å². The lowest BCUT2D eigenvalue weighted by atomic mass is 10.2. The quantitative estimate of drug-likeness (QED) is 0.533. The Kier molecular flexibility index (Phi) is 5.37. The first-order valence-corrected chi connectivity index (χ1v) is 8.78. The standard InChI is InChI=1S/C18H21ClN6O/c1-12(2)9-25-18(19)14(13(3)23-25)8-21-22-17(26)10-24-11-20-15-6-4-5-7-16(15)24/h4-8,11-12H,9-10H2,1-3H3,(H,22,26)/b21-8-. The van der Waals surface area contributed by atoms with Crippen molar-refractivity contribution in [3.05, 3.63) is 47.0 Å². The second-order valence-electron chi connectivity index (χ2n) is 6.52. The molecule has 0 aliphatic heterocycles. The molecule has 3 rings (SSSR count). The third-order valence-electron chi connectivity index (χ3n) is 3.87. The molecular formula is C18H21ClN6O. The topological polar surface area (TPSA) is 77.1 Å². The first-order valence-electron chi connectivity index (χ1n) is 8.40. The third-order valence-corrected chi connectivity index (χ3v) is 4.27. The van der Waals surface area contributed by atoms with E-state index >= 15 is 0 Å². The molecule has 1 N–H and O–H groups in total. The summed E-state index contributed by atoms with van der Waals surface area (Å²) >= 11 is 6.35. The van der Waals surface area contributed by atoms with E-state index in [1.807, 2.05) is 31.2 Å². The summed E-state index contributed by atoms with van der Waals surface area (Å²) in [5.41, 5.74) is 5.76. The molecule has 8 heteroatoms. The lowest BCUT2D eigenvalue weighted by molar-refractivity contribution is -0.121. The Morgan fingerprint density at radius 2 is 2.15 bits per heavy atom. The average molecular weight is 373 g/mol. The number of fused-ring (bicyclic) bond motifs is 1. The highest BCUT2D eigenvalue weighted by molar-refractivity contribution is 6.32. The molecule has 1 amide bonds. The second kappa shape index (κ2) is 7.70. The van der Waals surface area contributed by atoms with Crippen LogP contribution in [0.4, 0.5) is 0 Å². The monoisotopic (exact) mass is 372 g/mol. The summed E-state index contributed by atoms with van der Waals surface area (Å²) in [6.45, 7) is 6.93. The van der Waals surface area contributed by atoms with Gasteiger partial charge in [0.15, 0.2) is 0 Å². The molecule has 0 aliphatic rings. The molecule has 0 bridgehead atoms. The summed E-state index contributed by atoms with van der Waals surface area (Å²) in [5.74, 6) is 0.189. The van der Waals surface area contributed by atoms with Gasteiger partial charge < -0.3 is 4.57 Å². The maximum absolute atomic E-state index is 12.1. The molecule has 0 atom stereocenters. The van der Waals surface area contributed by atoms with Crippen LogP contribution in [0.15, 0.2) is 35.7 Å². The fourth-order valence-corrected chi connectivity index (χ4v) is 2.97. The smallest absolute Gasteiger partial charge is 0.260 e. The molecule has 1 aromatic carbocycles. The van der Waals surface area contributed by atoms with E-state index in [2.05, 4.69) is 34.5 Å². The minimum atomic E-state index is -0.243. The van der Waals surface area contributed by atoms with Crippen molar-refractivity contribution in [2.24, 2.45) is 11.0 Å². The normalized spacial score (nSPS) is 11.7. The summed E-state index contributed by atoms with van der Waals surface area (Å²) in [6, 6.07) is 7.65. The molecule has 0 unspecified atom stereocenters. The molecule has 0 saturated heterocycles. The van der Waals surface area contributed by atoms with Crippen LogP contribution in [0, 0.1) is 12.8 Å². The van der Waals surface area contributed by atoms with Crippen molar-refractivity contribution in [3.8, 4) is 0 Å². The maximum atomic E-state index is 12.1. The summed E-state index contributed by atoms with van der Waals surface area (Å²) < 4.78 is 3.53. The SMILES string of the molecule is Cc1nn(CC(C)C)c(Cl)c1/C=N\NC(=O)Cn1cnc2ccccc21. The summed E-state index contributed by atoms with van der Waals surface area (Å²) in [5, 5.41) is 8.95. The molecule has 7 nitrogen and oxygen atoms in total. The fourth-order valence-electron chi connectivity index (χ4n) is 2.68. The number of para-hydroxylation sites is 2. The zero-order chi connectivity index (χ0) is 18.7. The lowest BCUT2D eigenvalue weighted by Crippen LogP contribution is -2.22. The van der Waals surface area contributed by atoms with Gasteiger partial charge in [0.25, 0.3) is 5.91 Å². The van der Waals surface area contributed by atoms with E-state index in [4.69, 9.17) is 11.6 Å². The number of halogens is 1. The van der Waals surface area contributed by atoms with Gasteiger partial charge in [-0.1, -0.05) is 37.6 Å². The molecule has 0 aliphatic carbocycles. The van der Waals surface area contributed by atoms with Gasteiger partial charge in [-0.25, -0.2) is 10.4 Å². The van der Waals surface area contributed by atoms with Gasteiger partial charge in [-0.2, -0.15) is 10.2 Å². The lowest BCUT2D eigenvalue weighted by Gasteiger charge is -2.05. The number of nitrogens with zero attached hydrogens (tertiary/aromatic N) is 5. The van der Waals surface area contributed by atoms with E-state index in [0.717, 1.165) is 23.3 Å². The zero-order valence-electron chi connectivity index (χ0n) is 15.0. The Hall–Kier alpha value is -2.67. The van der Waals surface area contributed by atoms with Gasteiger partial charge in [0, 0.05) is 6.54 Å². The van der Waals surface area contributed by atoms with Crippen LogP contribution < -0.4 is 5.43 Å². The van der Waals surface area contributed by atoms with Gasteiger partial charge in [-0.05, 0) is 25.0 Å². The molecule has 3 aromatic rings. The molecular weight excluding hydrogens is 352 g/mol. The molecule has 0 fully saturated rings. The minimum Gasteiger partial charge on any atom is -0.321 e. The van der Waals surface area contributed by atoms with Crippen molar-refractivity contribution in [1.82, 2.24) is 24.8 Å². The van der Waals surface area contributed by atoms with E-state index in [0.29, 0.717) is 16.6 Å². The minimum absolute atomic E-state index is 0.136. The number of hydrogen-bond acceptors (Lipinski definition) is 4. The number of nitrogens with one attached hydrogen (secondary N) is 1. The van der Waals surface area contributed by atoms with Crippen LogP contribution in [-0.2, 0) is 17.9 Å². The largest absolute Gasteiger partial charge is 0.321 e. The number of benzene rings is 1. The van der Waals surface area contributed by atoms with Gasteiger partial charge in [0.1, 0.15) is 11.7 Å². The Morgan fingerprint density at radius 1 is 1.38 bits per heavy atom. The van der Waals surface area contributed by atoms with Crippen LogP contribution in [0.25, 0.3) is 11.0 Å². The maximum Gasteiger partial charge on any atom is 0.260 e. The van der Waals surface area contributed by atoms with Crippen molar-refractivity contribution in [3.63, 3.8) is 0 Å². The molecule has 26 heavy (non-hydrogen) atoms. The Bertz CT molecular complexity index is 956. The number of amides is 1. The van der Waals surface area contributed by atoms with Gasteiger partial charge in [0.05, 0.1) is 34.8 Å². The number of aromatic nitrogens is 4. The van der Waals surface area contributed by atoms with Crippen molar-refractivity contribution in [1.29, 1.82) is 0 Å². The van der Waals surface area contributed by atoms with Gasteiger partial charge in [0.2, 0.25) is 0 Å². The number of imidazole rings is 1. The highest BCUT2D eigenvalue weighted by Gasteiger charge is 2.13. The Morgan fingerprint density at radius 3 is 2.92 bits per heavy atom. The Balaban J connectivity index is 1.65. The number of hydrogen-bond donors (Lipinski definition) is 1. The highest BCUT2D eigenvalue weighted by Crippen LogP contribution is 2.19. The van der Waals surface area contributed by atoms with Gasteiger partial charge in [-0.3, -0.25) is 9.48 Å². The van der Waals surface area contributed by atoms with E-state index in [-0.39, 0.29) is 12.5 Å². The van der Waals surface area contributed by atoms with Crippen LogP contribution in [0.2, 0.25) is 5.15 Å². The molecule has 0 spiro atoms. The van der Waals surface area contributed by atoms with Crippen molar-refractivity contribution >= 4 is 34.8 Å². The zero-order valence-corrected chi connectivity index (χ0v) is 15.7. The van der Waals surface area contributed by atoms with Crippen LogP contribution in [0.3, 0.4) is 0 Å². The van der Waals surface area contributed by atoms with Crippen molar-refractivity contribution in [2.45, 2.75) is 33.9 Å². The first-order chi connectivity index (χ1) is 12.5.